The normalized spacial score (nSPS) is 12.2. The average molecular weight is 678 g/mol. The van der Waals surface area contributed by atoms with Gasteiger partial charge in [-0.2, -0.15) is 0 Å². The van der Waals surface area contributed by atoms with Crippen LogP contribution in [0.4, 0.5) is 11.4 Å². The topological polar surface area (TPSA) is 3.24 Å². The predicted octanol–water partition coefficient (Wildman–Crippen LogP) is 14.8. The van der Waals surface area contributed by atoms with E-state index in [0.717, 1.165) is 17.1 Å². The lowest BCUT2D eigenvalue weighted by Crippen LogP contribution is -2.15. The second-order valence-electron chi connectivity index (χ2n) is 13.8. The van der Waals surface area contributed by atoms with Gasteiger partial charge in [0.15, 0.2) is 0 Å². The molecule has 9 rings (SSSR count). The minimum absolute atomic E-state index is 1.12. The number of anilines is 2. The van der Waals surface area contributed by atoms with Crippen LogP contribution in [-0.2, 0) is 0 Å². The van der Waals surface area contributed by atoms with Gasteiger partial charge < -0.3 is 4.90 Å². The second kappa shape index (κ2) is 13.8. The van der Waals surface area contributed by atoms with E-state index < -0.39 is 0 Å². The van der Waals surface area contributed by atoms with E-state index in [0.29, 0.717) is 0 Å². The number of benzene rings is 9. The van der Waals surface area contributed by atoms with Crippen LogP contribution in [-0.4, -0.2) is 0 Å². The molecule has 0 unspecified atom stereocenters. The third-order valence-electron chi connectivity index (χ3n) is 10.6. The summed E-state index contributed by atoms with van der Waals surface area (Å²) < 4.78 is 0. The smallest absolute Gasteiger partial charge is 0.0543 e. The highest BCUT2D eigenvalue weighted by atomic mass is 15.1. The molecule has 1 heteroatoms. The van der Waals surface area contributed by atoms with Crippen molar-refractivity contribution >= 4 is 60.0 Å². The highest BCUT2D eigenvalue weighted by molar-refractivity contribution is 6.15. The van der Waals surface area contributed by atoms with E-state index in [1.807, 2.05) is 0 Å². The Labute approximate surface area is 311 Å². The van der Waals surface area contributed by atoms with Gasteiger partial charge in [0.1, 0.15) is 0 Å². The van der Waals surface area contributed by atoms with E-state index in [9.17, 15) is 0 Å². The summed E-state index contributed by atoms with van der Waals surface area (Å²) in [6.45, 7) is 4.41. The van der Waals surface area contributed by atoms with Crippen molar-refractivity contribution in [3.63, 3.8) is 0 Å². The number of hydrogen-bond donors (Lipinski definition) is 0. The molecule has 0 aliphatic rings. The van der Waals surface area contributed by atoms with Crippen LogP contribution in [0.2, 0.25) is 0 Å². The van der Waals surface area contributed by atoms with Gasteiger partial charge in [-0.25, -0.2) is 0 Å². The third-order valence-corrected chi connectivity index (χ3v) is 10.6. The van der Waals surface area contributed by atoms with Gasteiger partial charge in [-0.3, -0.25) is 0 Å². The van der Waals surface area contributed by atoms with Crippen molar-refractivity contribution in [2.45, 2.75) is 13.8 Å². The maximum absolute atomic E-state index is 2.42. The Kier molecular flexibility index (Phi) is 8.38. The van der Waals surface area contributed by atoms with Crippen molar-refractivity contribution in [1.82, 2.24) is 0 Å². The standard InChI is InChI=1S/C52H39N/c1-36(38-26-28-40(29-27-38)39-14-4-3-5-15-39)24-25-37(2)53(52-35-43-17-7-9-19-46(43)48-21-12-13-23-50(48)52)44-32-30-41(31-33-44)51-34-42-16-6-8-18-45(42)47-20-10-11-22-49(47)51/h3-35H,1-2H3/b36-24+,37-25+. The van der Waals surface area contributed by atoms with Crippen molar-refractivity contribution in [1.29, 1.82) is 0 Å². The Morgan fingerprint density at radius 2 is 0.887 bits per heavy atom. The summed E-state index contributed by atoms with van der Waals surface area (Å²) in [7, 11) is 0. The summed E-state index contributed by atoms with van der Waals surface area (Å²) >= 11 is 0. The largest absolute Gasteiger partial charge is 0.314 e. The molecular formula is C52H39N. The average Bonchev–Trinajstić information content (AvgIpc) is 3.23. The SMILES string of the molecule is C/C(=C\C=C(/C)N(c1ccc(-c2cc3ccccc3c3ccccc23)cc1)c1cc2ccccc2c2ccccc12)c1ccc(-c2ccccc2)cc1. The molecule has 252 valence electrons. The fourth-order valence-corrected chi connectivity index (χ4v) is 7.81. The molecule has 0 heterocycles. The van der Waals surface area contributed by atoms with Gasteiger partial charge in [-0.05, 0) is 115 Å². The summed E-state index contributed by atoms with van der Waals surface area (Å²) in [5, 5.41) is 10.1. The van der Waals surface area contributed by atoms with Gasteiger partial charge in [0.25, 0.3) is 0 Å². The van der Waals surface area contributed by atoms with Crippen LogP contribution >= 0.6 is 0 Å². The zero-order chi connectivity index (χ0) is 35.7. The van der Waals surface area contributed by atoms with Gasteiger partial charge in [0, 0.05) is 16.8 Å². The summed E-state index contributed by atoms with van der Waals surface area (Å²) in [5.74, 6) is 0. The van der Waals surface area contributed by atoms with Crippen LogP contribution in [0.1, 0.15) is 19.4 Å². The van der Waals surface area contributed by atoms with Gasteiger partial charge >= 0.3 is 0 Å². The van der Waals surface area contributed by atoms with E-state index in [-0.39, 0.29) is 0 Å². The van der Waals surface area contributed by atoms with Gasteiger partial charge in [-0.1, -0.05) is 170 Å². The quantitative estimate of drug-likeness (QED) is 0.120. The summed E-state index contributed by atoms with van der Waals surface area (Å²) in [6.07, 6.45) is 4.51. The molecule has 0 radical (unpaired) electrons. The molecule has 0 N–H and O–H groups in total. The van der Waals surface area contributed by atoms with Crippen LogP contribution < -0.4 is 4.90 Å². The Bertz CT molecular complexity index is 2820. The van der Waals surface area contributed by atoms with Crippen LogP contribution in [0.5, 0.6) is 0 Å². The zero-order valence-electron chi connectivity index (χ0n) is 30.0. The lowest BCUT2D eigenvalue weighted by atomic mass is 9.93. The molecule has 0 spiro atoms. The Morgan fingerprint density at radius 3 is 1.55 bits per heavy atom. The highest BCUT2D eigenvalue weighted by Crippen LogP contribution is 2.41. The number of allylic oxidation sites excluding steroid dienone is 4. The van der Waals surface area contributed by atoms with E-state index in [1.54, 1.807) is 0 Å². The molecule has 0 fully saturated rings. The molecular weight excluding hydrogens is 639 g/mol. The van der Waals surface area contributed by atoms with Crippen LogP contribution in [0.25, 0.3) is 70.9 Å². The third kappa shape index (κ3) is 6.07. The molecule has 9 aromatic rings. The zero-order valence-corrected chi connectivity index (χ0v) is 30.0. The van der Waals surface area contributed by atoms with Crippen LogP contribution in [0.3, 0.4) is 0 Å². The minimum atomic E-state index is 1.12. The summed E-state index contributed by atoms with van der Waals surface area (Å²) in [6, 6.07) is 68.2. The number of hydrogen-bond acceptors (Lipinski definition) is 1. The first-order valence-electron chi connectivity index (χ1n) is 18.3. The first-order chi connectivity index (χ1) is 26.1. The van der Waals surface area contributed by atoms with E-state index in [2.05, 4.69) is 219 Å². The molecule has 0 saturated heterocycles. The summed E-state index contributed by atoms with van der Waals surface area (Å²) in [5.41, 5.74) is 10.7. The number of nitrogens with zero attached hydrogens (tertiary/aromatic N) is 1. The second-order valence-corrected chi connectivity index (χ2v) is 13.8. The van der Waals surface area contributed by atoms with Gasteiger partial charge in [-0.15, -0.1) is 0 Å². The molecule has 0 atom stereocenters. The van der Waals surface area contributed by atoms with E-state index in [1.165, 1.54) is 76.5 Å². The molecule has 0 aliphatic heterocycles. The number of rotatable bonds is 7. The lowest BCUT2D eigenvalue weighted by molar-refractivity contribution is 1.17. The molecule has 0 bridgehead atoms. The fourth-order valence-electron chi connectivity index (χ4n) is 7.81. The van der Waals surface area contributed by atoms with Crippen molar-refractivity contribution in [3.05, 3.63) is 211 Å². The lowest BCUT2D eigenvalue weighted by Gasteiger charge is -2.28. The van der Waals surface area contributed by atoms with Crippen molar-refractivity contribution in [2.24, 2.45) is 0 Å². The Morgan fingerprint density at radius 1 is 0.396 bits per heavy atom. The molecule has 9 aromatic carbocycles. The van der Waals surface area contributed by atoms with Crippen molar-refractivity contribution in [2.75, 3.05) is 4.90 Å². The molecule has 0 saturated carbocycles. The van der Waals surface area contributed by atoms with E-state index in [4.69, 9.17) is 0 Å². The molecule has 0 amide bonds. The summed E-state index contributed by atoms with van der Waals surface area (Å²) in [4.78, 5) is 2.42. The molecule has 1 nitrogen and oxygen atoms in total. The maximum atomic E-state index is 2.42. The molecule has 0 aliphatic carbocycles. The van der Waals surface area contributed by atoms with Crippen molar-refractivity contribution in [3.8, 4) is 22.3 Å². The molecule has 0 aromatic heterocycles. The first kappa shape index (κ1) is 32.2. The predicted molar refractivity (Wildman–Crippen MR) is 230 cm³/mol. The van der Waals surface area contributed by atoms with Crippen molar-refractivity contribution < 1.29 is 0 Å². The number of fused-ring (bicyclic) bond motifs is 6. The van der Waals surface area contributed by atoms with Gasteiger partial charge in [0.2, 0.25) is 0 Å². The fraction of sp³-hybridized carbons (Fsp3) is 0.0385. The monoisotopic (exact) mass is 677 g/mol. The Hall–Kier alpha value is -6.70. The molecule has 53 heavy (non-hydrogen) atoms. The minimum Gasteiger partial charge on any atom is -0.314 e. The highest BCUT2D eigenvalue weighted by Gasteiger charge is 2.17. The first-order valence-corrected chi connectivity index (χ1v) is 18.3. The van der Waals surface area contributed by atoms with Crippen LogP contribution in [0.15, 0.2) is 206 Å². The van der Waals surface area contributed by atoms with Gasteiger partial charge in [0.05, 0.1) is 5.69 Å². The Balaban J connectivity index is 1.16. The van der Waals surface area contributed by atoms with E-state index >= 15 is 0 Å². The maximum Gasteiger partial charge on any atom is 0.0543 e. The van der Waals surface area contributed by atoms with Crippen LogP contribution in [0, 0.1) is 0 Å².